The highest BCUT2D eigenvalue weighted by molar-refractivity contribution is 5.63. The summed E-state index contributed by atoms with van der Waals surface area (Å²) in [5.74, 6) is 0. The monoisotopic (exact) mass is 304 g/mol. The molecular weight excluding hydrogens is 289 g/mol. The van der Waals surface area contributed by atoms with Gasteiger partial charge in [0.2, 0.25) is 0 Å². The van der Waals surface area contributed by atoms with Gasteiger partial charge < -0.3 is 10.4 Å². The Morgan fingerprint density at radius 1 is 1.33 bits per heavy atom. The van der Waals surface area contributed by atoms with Crippen molar-refractivity contribution in [3.05, 3.63) is 33.9 Å². The standard InChI is InChI=1S/C13H15F3N2O3/c14-13(15,16)9-3-4-10(11(7-9)18(20)21)17-8-12(19)5-1-2-6-12/h3-4,7,17,19H,1-2,5-6,8H2. The van der Waals surface area contributed by atoms with Crippen molar-refractivity contribution in [3.8, 4) is 0 Å². The van der Waals surface area contributed by atoms with Gasteiger partial charge in [0.15, 0.2) is 0 Å². The number of nitrogens with one attached hydrogen (secondary N) is 1. The van der Waals surface area contributed by atoms with E-state index in [1.54, 1.807) is 0 Å². The van der Waals surface area contributed by atoms with Gasteiger partial charge in [-0.1, -0.05) is 12.8 Å². The van der Waals surface area contributed by atoms with Crippen LogP contribution in [0.25, 0.3) is 0 Å². The Kier molecular flexibility index (Phi) is 4.08. The van der Waals surface area contributed by atoms with Gasteiger partial charge in [0.1, 0.15) is 5.69 Å². The molecule has 21 heavy (non-hydrogen) atoms. The fourth-order valence-electron chi connectivity index (χ4n) is 2.48. The van der Waals surface area contributed by atoms with Gasteiger partial charge in [0, 0.05) is 12.6 Å². The fraction of sp³-hybridized carbons (Fsp3) is 0.538. The zero-order valence-corrected chi connectivity index (χ0v) is 11.1. The third-order valence-corrected chi connectivity index (χ3v) is 3.66. The summed E-state index contributed by atoms with van der Waals surface area (Å²) in [6, 6.07) is 2.31. The first kappa shape index (κ1) is 15.6. The minimum absolute atomic E-state index is 0.0201. The molecule has 0 saturated heterocycles. The molecule has 0 aromatic heterocycles. The maximum absolute atomic E-state index is 12.6. The van der Waals surface area contributed by atoms with Gasteiger partial charge in [-0.05, 0) is 25.0 Å². The molecule has 0 unspecified atom stereocenters. The number of nitrogens with zero attached hydrogens (tertiary/aromatic N) is 1. The number of rotatable bonds is 4. The van der Waals surface area contributed by atoms with E-state index in [1.807, 2.05) is 0 Å². The van der Waals surface area contributed by atoms with E-state index in [2.05, 4.69) is 5.32 Å². The molecule has 1 aromatic rings. The zero-order chi connectivity index (χ0) is 15.7. The number of halogens is 3. The maximum atomic E-state index is 12.6. The SMILES string of the molecule is O=[N+]([O-])c1cc(C(F)(F)F)ccc1NCC1(O)CCCC1. The minimum atomic E-state index is -4.63. The summed E-state index contributed by atoms with van der Waals surface area (Å²) in [6.07, 6.45) is -1.74. The van der Waals surface area contributed by atoms with Crippen LogP contribution in [0.1, 0.15) is 31.2 Å². The average Bonchev–Trinajstić information content (AvgIpc) is 2.82. The van der Waals surface area contributed by atoms with Crippen molar-refractivity contribution in [2.45, 2.75) is 37.5 Å². The lowest BCUT2D eigenvalue weighted by Crippen LogP contribution is -2.33. The van der Waals surface area contributed by atoms with E-state index in [0.29, 0.717) is 18.9 Å². The van der Waals surface area contributed by atoms with E-state index in [1.165, 1.54) is 0 Å². The third kappa shape index (κ3) is 3.63. The van der Waals surface area contributed by atoms with Gasteiger partial charge >= 0.3 is 6.18 Å². The number of anilines is 1. The molecule has 116 valence electrons. The second-order valence-electron chi connectivity index (χ2n) is 5.27. The van der Waals surface area contributed by atoms with Crippen molar-refractivity contribution in [2.75, 3.05) is 11.9 Å². The van der Waals surface area contributed by atoms with Crippen molar-refractivity contribution in [1.82, 2.24) is 0 Å². The molecule has 5 nitrogen and oxygen atoms in total. The Labute approximate surface area is 118 Å². The summed E-state index contributed by atoms with van der Waals surface area (Å²) >= 11 is 0. The van der Waals surface area contributed by atoms with Crippen LogP contribution in [0.5, 0.6) is 0 Å². The largest absolute Gasteiger partial charge is 0.416 e. The van der Waals surface area contributed by atoms with Crippen LogP contribution in [0, 0.1) is 10.1 Å². The number of nitro benzene ring substituents is 1. The van der Waals surface area contributed by atoms with Crippen LogP contribution in [0.3, 0.4) is 0 Å². The number of benzene rings is 1. The first-order valence-corrected chi connectivity index (χ1v) is 6.53. The second kappa shape index (κ2) is 5.51. The van der Waals surface area contributed by atoms with Gasteiger partial charge in [-0.25, -0.2) is 0 Å². The Bertz CT molecular complexity index is 540. The Morgan fingerprint density at radius 2 is 1.95 bits per heavy atom. The lowest BCUT2D eigenvalue weighted by Gasteiger charge is -2.23. The maximum Gasteiger partial charge on any atom is 0.416 e. The van der Waals surface area contributed by atoms with Gasteiger partial charge in [0.05, 0.1) is 16.1 Å². The topological polar surface area (TPSA) is 75.4 Å². The molecule has 1 aromatic carbocycles. The molecule has 0 atom stereocenters. The Balaban J connectivity index is 2.21. The molecule has 1 saturated carbocycles. The molecule has 0 radical (unpaired) electrons. The molecule has 2 rings (SSSR count). The first-order chi connectivity index (χ1) is 9.71. The van der Waals surface area contributed by atoms with Crippen molar-refractivity contribution < 1.29 is 23.2 Å². The molecule has 0 amide bonds. The predicted molar refractivity (Wildman–Crippen MR) is 70.0 cm³/mol. The molecule has 0 heterocycles. The van der Waals surface area contributed by atoms with Gasteiger partial charge in [-0.3, -0.25) is 10.1 Å². The molecule has 0 aliphatic heterocycles. The highest BCUT2D eigenvalue weighted by Crippen LogP contribution is 2.36. The van der Waals surface area contributed by atoms with Crippen molar-refractivity contribution in [2.24, 2.45) is 0 Å². The Morgan fingerprint density at radius 3 is 2.48 bits per heavy atom. The molecule has 1 fully saturated rings. The third-order valence-electron chi connectivity index (χ3n) is 3.66. The van der Waals surface area contributed by atoms with Crippen LogP contribution in [0.15, 0.2) is 18.2 Å². The number of aliphatic hydroxyl groups is 1. The minimum Gasteiger partial charge on any atom is -0.388 e. The summed E-state index contributed by atoms with van der Waals surface area (Å²) in [5, 5.41) is 23.8. The normalized spacial score (nSPS) is 17.7. The average molecular weight is 304 g/mol. The van der Waals surface area contributed by atoms with E-state index in [4.69, 9.17) is 0 Å². The highest BCUT2D eigenvalue weighted by Gasteiger charge is 2.34. The molecule has 2 N–H and O–H groups in total. The number of hydrogen-bond donors (Lipinski definition) is 2. The fourth-order valence-corrected chi connectivity index (χ4v) is 2.48. The van der Waals surface area contributed by atoms with Crippen LogP contribution in [-0.2, 0) is 6.18 Å². The Hall–Kier alpha value is -1.83. The van der Waals surface area contributed by atoms with E-state index in [-0.39, 0.29) is 12.2 Å². The summed E-state index contributed by atoms with van der Waals surface area (Å²) < 4.78 is 37.7. The first-order valence-electron chi connectivity index (χ1n) is 6.53. The van der Waals surface area contributed by atoms with Gasteiger partial charge in [0.25, 0.3) is 5.69 Å². The molecular formula is C13H15F3N2O3. The summed E-state index contributed by atoms with van der Waals surface area (Å²) in [7, 11) is 0. The van der Waals surface area contributed by atoms with Crippen molar-refractivity contribution >= 4 is 11.4 Å². The van der Waals surface area contributed by atoms with Gasteiger partial charge in [-0.15, -0.1) is 0 Å². The van der Waals surface area contributed by atoms with Crippen LogP contribution >= 0.6 is 0 Å². The molecule has 8 heteroatoms. The van der Waals surface area contributed by atoms with Crippen LogP contribution in [-0.4, -0.2) is 22.2 Å². The van der Waals surface area contributed by atoms with E-state index >= 15 is 0 Å². The van der Waals surface area contributed by atoms with Crippen LogP contribution in [0.2, 0.25) is 0 Å². The van der Waals surface area contributed by atoms with Crippen molar-refractivity contribution in [3.63, 3.8) is 0 Å². The molecule has 1 aliphatic carbocycles. The quantitative estimate of drug-likeness (QED) is 0.661. The summed E-state index contributed by atoms with van der Waals surface area (Å²) in [4.78, 5) is 10.0. The number of alkyl halides is 3. The van der Waals surface area contributed by atoms with Crippen LogP contribution < -0.4 is 5.32 Å². The zero-order valence-electron chi connectivity index (χ0n) is 11.1. The van der Waals surface area contributed by atoms with E-state index in [9.17, 15) is 28.4 Å². The van der Waals surface area contributed by atoms with E-state index < -0.39 is 28.0 Å². The van der Waals surface area contributed by atoms with E-state index in [0.717, 1.165) is 25.0 Å². The second-order valence-corrected chi connectivity index (χ2v) is 5.27. The number of hydrogen-bond acceptors (Lipinski definition) is 4. The predicted octanol–water partition coefficient (Wildman–Crippen LogP) is 3.33. The van der Waals surface area contributed by atoms with Gasteiger partial charge in [-0.2, -0.15) is 13.2 Å². The molecule has 1 aliphatic rings. The smallest absolute Gasteiger partial charge is 0.388 e. The highest BCUT2D eigenvalue weighted by atomic mass is 19.4. The number of nitro groups is 1. The van der Waals surface area contributed by atoms with Crippen molar-refractivity contribution in [1.29, 1.82) is 0 Å². The lowest BCUT2D eigenvalue weighted by molar-refractivity contribution is -0.384. The lowest BCUT2D eigenvalue weighted by atomic mass is 10.0. The molecule has 0 spiro atoms. The van der Waals surface area contributed by atoms with Crippen LogP contribution in [0.4, 0.5) is 24.5 Å². The summed E-state index contributed by atoms with van der Waals surface area (Å²) in [5.41, 5.74) is -2.68. The molecule has 0 bridgehead atoms. The summed E-state index contributed by atoms with van der Waals surface area (Å²) in [6.45, 7) is 0.0825.